The molecule has 0 saturated heterocycles. The Balaban J connectivity index is 2.30. The third-order valence-corrected chi connectivity index (χ3v) is 3.37. The van der Waals surface area contributed by atoms with E-state index in [1.165, 1.54) is 6.07 Å². The molecule has 0 saturated carbocycles. The Kier molecular flexibility index (Phi) is 7.11. The van der Waals surface area contributed by atoms with Gasteiger partial charge in [-0.05, 0) is 31.4 Å². The summed E-state index contributed by atoms with van der Waals surface area (Å²) in [7, 11) is 0. The average Bonchev–Trinajstić information content (AvgIpc) is 2.42. The monoisotopic (exact) mass is 266 g/mol. The molecule has 0 fully saturated rings. The molecule has 0 bridgehead atoms. The van der Waals surface area contributed by atoms with Crippen molar-refractivity contribution < 1.29 is 9.18 Å². The van der Waals surface area contributed by atoms with Crippen LogP contribution in [0, 0.1) is 11.7 Å². The smallest absolute Gasteiger partial charge is 0.220 e. The van der Waals surface area contributed by atoms with Crippen molar-refractivity contribution in [1.82, 2.24) is 5.32 Å². The van der Waals surface area contributed by atoms with Gasteiger partial charge in [-0.15, -0.1) is 0 Å². The topological polar surface area (TPSA) is 55.1 Å². The molecule has 0 aromatic heterocycles. The van der Waals surface area contributed by atoms with Gasteiger partial charge in [-0.1, -0.05) is 31.5 Å². The fourth-order valence-electron chi connectivity index (χ4n) is 2.05. The van der Waals surface area contributed by atoms with Gasteiger partial charge in [0.2, 0.25) is 5.91 Å². The molecule has 1 atom stereocenters. The lowest BCUT2D eigenvalue weighted by molar-refractivity contribution is -0.121. The quantitative estimate of drug-likeness (QED) is 0.760. The minimum absolute atomic E-state index is 0.0290. The summed E-state index contributed by atoms with van der Waals surface area (Å²) in [6.07, 6.45) is 3.32. The van der Waals surface area contributed by atoms with Gasteiger partial charge < -0.3 is 11.1 Å². The fraction of sp³-hybridized carbons (Fsp3) is 0.533. The number of amides is 1. The molecule has 0 aliphatic rings. The predicted molar refractivity (Wildman–Crippen MR) is 74.9 cm³/mol. The number of hydrogen-bond donors (Lipinski definition) is 2. The Morgan fingerprint density at radius 1 is 1.37 bits per heavy atom. The highest BCUT2D eigenvalue weighted by Gasteiger charge is 2.09. The number of carbonyl (C=O) groups excluding carboxylic acids is 1. The van der Waals surface area contributed by atoms with Crippen LogP contribution in [0.1, 0.15) is 38.2 Å². The second kappa shape index (κ2) is 8.64. The van der Waals surface area contributed by atoms with E-state index in [2.05, 4.69) is 12.2 Å². The van der Waals surface area contributed by atoms with Crippen molar-refractivity contribution in [3.05, 3.63) is 35.6 Å². The number of rotatable bonds is 8. The lowest BCUT2D eigenvalue weighted by atomic mass is 9.96. The Morgan fingerprint density at radius 2 is 2.11 bits per heavy atom. The molecule has 1 aromatic carbocycles. The van der Waals surface area contributed by atoms with Crippen LogP contribution >= 0.6 is 0 Å². The predicted octanol–water partition coefficient (Wildman–Crippen LogP) is 2.60. The summed E-state index contributed by atoms with van der Waals surface area (Å²) < 4.78 is 13.3. The molecular weight excluding hydrogens is 243 g/mol. The Hall–Kier alpha value is -1.42. The number of nitrogens with one attached hydrogen (secondary N) is 1. The third kappa shape index (κ3) is 5.83. The SMILES string of the molecule is CCC(CCN)CCC(=O)NCc1ccccc1F. The van der Waals surface area contributed by atoms with Crippen LogP contribution in [0.5, 0.6) is 0 Å². The summed E-state index contributed by atoms with van der Waals surface area (Å²) in [4.78, 5) is 11.7. The van der Waals surface area contributed by atoms with Crippen LogP contribution < -0.4 is 11.1 Å². The maximum Gasteiger partial charge on any atom is 0.220 e. The Bertz CT molecular complexity index is 395. The van der Waals surface area contributed by atoms with E-state index in [-0.39, 0.29) is 18.3 Å². The molecule has 3 N–H and O–H groups in total. The van der Waals surface area contributed by atoms with Crippen LogP contribution in [0.3, 0.4) is 0 Å². The third-order valence-electron chi connectivity index (χ3n) is 3.37. The molecule has 4 heteroatoms. The van der Waals surface area contributed by atoms with Crippen molar-refractivity contribution in [2.24, 2.45) is 11.7 Å². The Labute approximate surface area is 114 Å². The molecule has 0 aliphatic heterocycles. The first-order valence-electron chi connectivity index (χ1n) is 6.87. The van der Waals surface area contributed by atoms with Crippen LogP contribution in [0.2, 0.25) is 0 Å². The summed E-state index contributed by atoms with van der Waals surface area (Å²) in [5.41, 5.74) is 6.04. The largest absolute Gasteiger partial charge is 0.352 e. The van der Waals surface area contributed by atoms with E-state index in [9.17, 15) is 9.18 Å². The van der Waals surface area contributed by atoms with E-state index in [4.69, 9.17) is 5.73 Å². The number of benzene rings is 1. The number of hydrogen-bond acceptors (Lipinski definition) is 2. The van der Waals surface area contributed by atoms with Gasteiger partial charge in [-0.25, -0.2) is 4.39 Å². The van der Waals surface area contributed by atoms with Gasteiger partial charge in [0.15, 0.2) is 0 Å². The maximum atomic E-state index is 13.3. The molecule has 0 heterocycles. The van der Waals surface area contributed by atoms with Crippen LogP contribution in [0.25, 0.3) is 0 Å². The van der Waals surface area contributed by atoms with Gasteiger partial charge >= 0.3 is 0 Å². The van der Waals surface area contributed by atoms with Crippen molar-refractivity contribution >= 4 is 5.91 Å². The summed E-state index contributed by atoms with van der Waals surface area (Å²) in [6, 6.07) is 6.48. The minimum Gasteiger partial charge on any atom is -0.352 e. The van der Waals surface area contributed by atoms with E-state index in [0.29, 0.717) is 24.4 Å². The summed E-state index contributed by atoms with van der Waals surface area (Å²) in [6.45, 7) is 3.02. The maximum absolute atomic E-state index is 13.3. The van der Waals surface area contributed by atoms with Crippen molar-refractivity contribution in [1.29, 1.82) is 0 Å². The lowest BCUT2D eigenvalue weighted by Gasteiger charge is -2.13. The van der Waals surface area contributed by atoms with Crippen LogP contribution in [-0.2, 0) is 11.3 Å². The van der Waals surface area contributed by atoms with Gasteiger partial charge in [0.05, 0.1) is 0 Å². The standard InChI is InChI=1S/C15H23FN2O/c1-2-12(9-10-17)7-8-15(19)18-11-13-5-3-4-6-14(13)16/h3-6,12H,2,7-11,17H2,1H3,(H,18,19). The fourth-order valence-corrected chi connectivity index (χ4v) is 2.05. The number of halogens is 1. The highest BCUT2D eigenvalue weighted by atomic mass is 19.1. The molecule has 0 radical (unpaired) electrons. The van der Waals surface area contributed by atoms with Crippen LogP contribution in [-0.4, -0.2) is 12.5 Å². The first-order valence-corrected chi connectivity index (χ1v) is 6.87. The first-order chi connectivity index (χ1) is 9.17. The first kappa shape index (κ1) is 15.6. The molecule has 3 nitrogen and oxygen atoms in total. The van der Waals surface area contributed by atoms with E-state index < -0.39 is 0 Å². The van der Waals surface area contributed by atoms with Crippen LogP contribution in [0.15, 0.2) is 24.3 Å². The molecular formula is C15H23FN2O. The van der Waals surface area contributed by atoms with Crippen molar-refractivity contribution in [2.75, 3.05) is 6.54 Å². The van der Waals surface area contributed by atoms with Gasteiger partial charge in [0.25, 0.3) is 0 Å². The zero-order chi connectivity index (χ0) is 14.1. The minimum atomic E-state index is -0.280. The zero-order valence-electron chi connectivity index (χ0n) is 11.5. The molecule has 0 spiro atoms. The lowest BCUT2D eigenvalue weighted by Crippen LogP contribution is -2.24. The average molecular weight is 266 g/mol. The molecule has 106 valence electrons. The highest BCUT2D eigenvalue weighted by Crippen LogP contribution is 2.14. The molecule has 1 unspecified atom stereocenters. The van der Waals surface area contributed by atoms with E-state index in [1.807, 2.05) is 0 Å². The summed E-state index contributed by atoms with van der Waals surface area (Å²) in [5.74, 6) is 0.195. The molecule has 1 aromatic rings. The van der Waals surface area contributed by atoms with Gasteiger partial charge in [0, 0.05) is 18.5 Å². The van der Waals surface area contributed by atoms with Crippen LogP contribution in [0.4, 0.5) is 4.39 Å². The Morgan fingerprint density at radius 3 is 2.74 bits per heavy atom. The molecule has 0 aliphatic carbocycles. The second-order valence-corrected chi connectivity index (χ2v) is 4.76. The number of carbonyl (C=O) groups is 1. The second-order valence-electron chi connectivity index (χ2n) is 4.76. The number of nitrogens with two attached hydrogens (primary N) is 1. The van der Waals surface area contributed by atoms with E-state index in [0.717, 1.165) is 19.3 Å². The molecule has 1 rings (SSSR count). The normalized spacial score (nSPS) is 12.2. The molecule has 19 heavy (non-hydrogen) atoms. The summed E-state index contributed by atoms with van der Waals surface area (Å²) >= 11 is 0. The van der Waals surface area contributed by atoms with Crippen molar-refractivity contribution in [3.63, 3.8) is 0 Å². The van der Waals surface area contributed by atoms with E-state index >= 15 is 0 Å². The van der Waals surface area contributed by atoms with Gasteiger partial charge in [-0.3, -0.25) is 4.79 Å². The molecule has 1 amide bonds. The van der Waals surface area contributed by atoms with Crippen molar-refractivity contribution in [2.45, 2.75) is 39.2 Å². The zero-order valence-corrected chi connectivity index (χ0v) is 11.5. The highest BCUT2D eigenvalue weighted by molar-refractivity contribution is 5.75. The van der Waals surface area contributed by atoms with Gasteiger partial charge in [-0.2, -0.15) is 0 Å². The van der Waals surface area contributed by atoms with Gasteiger partial charge in [0.1, 0.15) is 5.82 Å². The van der Waals surface area contributed by atoms with Crippen molar-refractivity contribution in [3.8, 4) is 0 Å². The summed E-state index contributed by atoms with van der Waals surface area (Å²) in [5, 5.41) is 2.75. The van der Waals surface area contributed by atoms with E-state index in [1.54, 1.807) is 18.2 Å².